The van der Waals surface area contributed by atoms with Gasteiger partial charge in [-0.15, -0.1) is 0 Å². The summed E-state index contributed by atoms with van der Waals surface area (Å²) in [6.07, 6.45) is 0.924. The Morgan fingerprint density at radius 2 is 2.17 bits per heavy atom. The SMILES string of the molecule is CCOCCCN=C1NC(=O)[C@@H](CC(=O)Nc2ccc(Br)cc2)S1. The van der Waals surface area contributed by atoms with E-state index in [0.717, 1.165) is 10.9 Å². The van der Waals surface area contributed by atoms with Crippen LogP contribution in [0.4, 0.5) is 5.69 Å². The zero-order chi connectivity index (χ0) is 17.4. The van der Waals surface area contributed by atoms with E-state index in [1.807, 2.05) is 19.1 Å². The number of ether oxygens (including phenoxy) is 1. The molecule has 2 rings (SSSR count). The van der Waals surface area contributed by atoms with E-state index >= 15 is 0 Å². The second-order valence-corrected chi connectivity index (χ2v) is 7.20. The lowest BCUT2D eigenvalue weighted by Gasteiger charge is -2.07. The van der Waals surface area contributed by atoms with Gasteiger partial charge in [-0.25, -0.2) is 0 Å². The third-order valence-electron chi connectivity index (χ3n) is 3.18. The Labute approximate surface area is 153 Å². The Morgan fingerprint density at radius 3 is 2.88 bits per heavy atom. The van der Waals surface area contributed by atoms with Gasteiger partial charge in [-0.2, -0.15) is 0 Å². The number of carbonyl (C=O) groups is 2. The van der Waals surface area contributed by atoms with E-state index in [1.54, 1.807) is 12.1 Å². The molecule has 0 radical (unpaired) electrons. The van der Waals surface area contributed by atoms with E-state index in [9.17, 15) is 9.59 Å². The molecule has 1 atom stereocenters. The molecule has 0 aromatic heterocycles. The highest BCUT2D eigenvalue weighted by Crippen LogP contribution is 2.23. The fraction of sp³-hybridized carbons (Fsp3) is 0.438. The van der Waals surface area contributed by atoms with Crippen molar-refractivity contribution >= 4 is 50.4 Å². The third kappa shape index (κ3) is 6.26. The van der Waals surface area contributed by atoms with Crippen molar-refractivity contribution in [2.75, 3.05) is 25.1 Å². The van der Waals surface area contributed by atoms with Crippen LogP contribution in [0.1, 0.15) is 19.8 Å². The lowest BCUT2D eigenvalue weighted by atomic mass is 10.2. The number of benzene rings is 1. The van der Waals surface area contributed by atoms with Crippen LogP contribution in [-0.4, -0.2) is 42.0 Å². The third-order valence-corrected chi connectivity index (χ3v) is 4.83. The van der Waals surface area contributed by atoms with Crippen LogP contribution < -0.4 is 10.6 Å². The van der Waals surface area contributed by atoms with Crippen LogP contribution in [0.2, 0.25) is 0 Å². The highest BCUT2D eigenvalue weighted by Gasteiger charge is 2.31. The average Bonchev–Trinajstić information content (AvgIpc) is 2.89. The van der Waals surface area contributed by atoms with Crippen LogP contribution in [0.15, 0.2) is 33.7 Å². The van der Waals surface area contributed by atoms with Crippen LogP contribution in [0.5, 0.6) is 0 Å². The Hall–Kier alpha value is -1.38. The number of amidine groups is 1. The summed E-state index contributed by atoms with van der Waals surface area (Å²) < 4.78 is 6.18. The molecule has 0 aliphatic carbocycles. The molecule has 2 N–H and O–H groups in total. The maximum atomic E-state index is 12.1. The predicted molar refractivity (Wildman–Crippen MR) is 100 cm³/mol. The molecule has 0 unspecified atom stereocenters. The van der Waals surface area contributed by atoms with Crippen molar-refractivity contribution in [3.63, 3.8) is 0 Å². The van der Waals surface area contributed by atoms with Crippen molar-refractivity contribution in [1.82, 2.24) is 5.32 Å². The smallest absolute Gasteiger partial charge is 0.240 e. The van der Waals surface area contributed by atoms with Gasteiger partial charge in [0.25, 0.3) is 0 Å². The zero-order valence-corrected chi connectivity index (χ0v) is 15.8. The molecule has 1 fully saturated rings. The molecule has 1 saturated heterocycles. The highest BCUT2D eigenvalue weighted by molar-refractivity contribution is 9.10. The summed E-state index contributed by atoms with van der Waals surface area (Å²) in [6.45, 7) is 3.89. The normalized spacial score (nSPS) is 18.7. The lowest BCUT2D eigenvalue weighted by molar-refractivity contribution is -0.122. The summed E-state index contributed by atoms with van der Waals surface area (Å²) >= 11 is 4.65. The second-order valence-electron chi connectivity index (χ2n) is 5.09. The lowest BCUT2D eigenvalue weighted by Crippen LogP contribution is -2.28. The molecule has 0 bridgehead atoms. The fourth-order valence-corrected chi connectivity index (χ4v) is 3.28. The van der Waals surface area contributed by atoms with Gasteiger partial charge in [0, 0.05) is 36.3 Å². The molecular formula is C16H20BrN3O3S. The zero-order valence-electron chi connectivity index (χ0n) is 13.4. The van der Waals surface area contributed by atoms with E-state index in [4.69, 9.17) is 4.74 Å². The largest absolute Gasteiger partial charge is 0.382 e. The molecule has 0 spiro atoms. The van der Waals surface area contributed by atoms with E-state index in [2.05, 4.69) is 31.6 Å². The molecule has 1 aromatic rings. The van der Waals surface area contributed by atoms with Gasteiger partial charge < -0.3 is 15.4 Å². The van der Waals surface area contributed by atoms with Crippen molar-refractivity contribution in [3.05, 3.63) is 28.7 Å². The van der Waals surface area contributed by atoms with Crippen LogP contribution in [0.25, 0.3) is 0 Å². The number of nitrogens with zero attached hydrogens (tertiary/aromatic N) is 1. The maximum Gasteiger partial charge on any atom is 0.240 e. The Morgan fingerprint density at radius 1 is 1.42 bits per heavy atom. The number of amides is 2. The van der Waals surface area contributed by atoms with Crippen molar-refractivity contribution < 1.29 is 14.3 Å². The van der Waals surface area contributed by atoms with Crippen LogP contribution in [0.3, 0.4) is 0 Å². The first-order valence-electron chi connectivity index (χ1n) is 7.73. The van der Waals surface area contributed by atoms with Crippen LogP contribution in [-0.2, 0) is 14.3 Å². The highest BCUT2D eigenvalue weighted by atomic mass is 79.9. The maximum absolute atomic E-state index is 12.1. The molecule has 2 amide bonds. The first kappa shape index (κ1) is 19.0. The summed E-state index contributed by atoms with van der Waals surface area (Å²) in [6, 6.07) is 7.30. The molecule has 0 saturated carbocycles. The van der Waals surface area contributed by atoms with Gasteiger partial charge >= 0.3 is 0 Å². The number of carbonyl (C=O) groups excluding carboxylic acids is 2. The quantitative estimate of drug-likeness (QED) is 0.642. The first-order chi connectivity index (χ1) is 11.6. The van der Waals surface area contributed by atoms with Gasteiger partial charge in [0.15, 0.2) is 5.17 Å². The van der Waals surface area contributed by atoms with Crippen molar-refractivity contribution in [1.29, 1.82) is 0 Å². The van der Waals surface area contributed by atoms with E-state index in [0.29, 0.717) is 30.6 Å². The Bertz CT molecular complexity index is 607. The molecule has 1 aliphatic heterocycles. The molecule has 130 valence electrons. The van der Waals surface area contributed by atoms with Crippen LogP contribution in [0, 0.1) is 0 Å². The molecule has 1 aliphatic rings. The predicted octanol–water partition coefficient (Wildman–Crippen LogP) is 2.79. The molecule has 24 heavy (non-hydrogen) atoms. The Kier molecular flexibility index (Phi) is 7.74. The first-order valence-corrected chi connectivity index (χ1v) is 9.41. The molecule has 1 aromatic carbocycles. The number of hydrogen-bond acceptors (Lipinski definition) is 5. The summed E-state index contributed by atoms with van der Waals surface area (Å²) in [5.74, 6) is -0.364. The fourth-order valence-electron chi connectivity index (χ4n) is 2.02. The van der Waals surface area contributed by atoms with E-state index < -0.39 is 5.25 Å². The van der Waals surface area contributed by atoms with Gasteiger partial charge in [-0.1, -0.05) is 27.7 Å². The monoisotopic (exact) mass is 413 g/mol. The standard InChI is InChI=1S/C16H20BrN3O3S/c1-2-23-9-3-8-18-16-20-15(22)13(24-16)10-14(21)19-12-6-4-11(17)5-7-12/h4-7,13H,2-3,8-10H2,1H3,(H,19,21)(H,18,20,22)/t13-/m1/s1. The topological polar surface area (TPSA) is 79.8 Å². The molecule has 6 nitrogen and oxygen atoms in total. The summed E-state index contributed by atoms with van der Waals surface area (Å²) in [7, 11) is 0. The minimum atomic E-state index is -0.439. The number of thioether (sulfide) groups is 1. The van der Waals surface area contributed by atoms with Crippen molar-refractivity contribution in [2.24, 2.45) is 4.99 Å². The summed E-state index contributed by atoms with van der Waals surface area (Å²) in [4.78, 5) is 28.3. The number of hydrogen-bond donors (Lipinski definition) is 2. The molecule has 8 heteroatoms. The van der Waals surface area contributed by atoms with Gasteiger partial charge in [-0.3, -0.25) is 14.6 Å². The number of halogens is 1. The van der Waals surface area contributed by atoms with Crippen molar-refractivity contribution in [3.8, 4) is 0 Å². The van der Waals surface area contributed by atoms with Gasteiger partial charge in [0.2, 0.25) is 11.8 Å². The second kappa shape index (κ2) is 9.80. The number of rotatable bonds is 8. The number of aliphatic imine (C=N–C) groups is 1. The number of nitrogens with one attached hydrogen (secondary N) is 2. The number of anilines is 1. The minimum absolute atomic E-state index is 0.116. The van der Waals surface area contributed by atoms with Gasteiger partial charge in [0.05, 0.1) is 0 Å². The molecular weight excluding hydrogens is 394 g/mol. The van der Waals surface area contributed by atoms with E-state index in [1.165, 1.54) is 11.8 Å². The van der Waals surface area contributed by atoms with Gasteiger partial charge in [-0.05, 0) is 37.6 Å². The summed E-state index contributed by atoms with van der Waals surface area (Å²) in [5.41, 5.74) is 0.705. The summed E-state index contributed by atoms with van der Waals surface area (Å²) in [5, 5.41) is 5.65. The van der Waals surface area contributed by atoms with Crippen molar-refractivity contribution in [2.45, 2.75) is 25.0 Å². The van der Waals surface area contributed by atoms with E-state index in [-0.39, 0.29) is 18.2 Å². The average molecular weight is 414 g/mol. The Balaban J connectivity index is 1.78. The minimum Gasteiger partial charge on any atom is -0.382 e. The molecule has 1 heterocycles. The van der Waals surface area contributed by atoms with Gasteiger partial charge in [0.1, 0.15) is 5.25 Å². The van der Waals surface area contributed by atoms with Crippen LogP contribution >= 0.6 is 27.7 Å².